The minimum Gasteiger partial charge on any atom is -0.356 e. The van der Waals surface area contributed by atoms with Crippen LogP contribution in [0.3, 0.4) is 0 Å². The van der Waals surface area contributed by atoms with Gasteiger partial charge in [-0.2, -0.15) is 0 Å². The molecule has 1 saturated heterocycles. The van der Waals surface area contributed by atoms with Crippen molar-refractivity contribution in [2.24, 2.45) is 0 Å². The van der Waals surface area contributed by atoms with E-state index in [0.29, 0.717) is 10.6 Å². The second kappa shape index (κ2) is 9.95. The molecule has 39 heavy (non-hydrogen) atoms. The van der Waals surface area contributed by atoms with Crippen molar-refractivity contribution in [3.63, 3.8) is 0 Å². The fraction of sp³-hybridized carbons (Fsp3) is 0.188. The molecule has 5 nitrogen and oxygen atoms in total. The topological polar surface area (TPSA) is 46.6 Å². The second-order valence-electron chi connectivity index (χ2n) is 10.2. The number of benzene rings is 3. The Morgan fingerprint density at radius 1 is 0.872 bits per heavy atom. The molecule has 0 atom stereocenters. The third-order valence-electron chi connectivity index (χ3n) is 7.75. The number of hydrogen-bond donors (Lipinski definition) is 0. The maximum Gasteiger partial charge on any atom is 0.167 e. The number of piperidine rings is 1. The van der Waals surface area contributed by atoms with Gasteiger partial charge >= 0.3 is 0 Å². The lowest BCUT2D eigenvalue weighted by Crippen LogP contribution is -2.33. The van der Waals surface area contributed by atoms with Crippen molar-refractivity contribution < 1.29 is 8.91 Å². The lowest BCUT2D eigenvalue weighted by Gasteiger charge is -2.31. The van der Waals surface area contributed by atoms with E-state index in [1.54, 1.807) is 6.07 Å². The van der Waals surface area contributed by atoms with Crippen LogP contribution < -0.4 is 0 Å². The summed E-state index contributed by atoms with van der Waals surface area (Å²) in [4.78, 5) is 7.52. The molecule has 0 amide bonds. The molecule has 6 aromatic rings. The van der Waals surface area contributed by atoms with Crippen molar-refractivity contribution in [2.45, 2.75) is 25.3 Å². The predicted molar refractivity (Wildman–Crippen MR) is 152 cm³/mol. The van der Waals surface area contributed by atoms with Gasteiger partial charge in [-0.05, 0) is 79.5 Å². The molecule has 0 N–H and O–H groups in total. The van der Waals surface area contributed by atoms with Gasteiger partial charge in [0.2, 0.25) is 0 Å². The Hall–Kier alpha value is -4.00. The maximum absolute atomic E-state index is 13.9. The van der Waals surface area contributed by atoms with Crippen LogP contribution in [0.2, 0.25) is 5.02 Å². The number of rotatable bonds is 5. The van der Waals surface area contributed by atoms with Gasteiger partial charge in [0.25, 0.3) is 0 Å². The third-order valence-corrected chi connectivity index (χ3v) is 8.00. The van der Waals surface area contributed by atoms with Crippen molar-refractivity contribution in [3.8, 4) is 22.4 Å². The summed E-state index contributed by atoms with van der Waals surface area (Å²) in [5.74, 6) is -0.0199. The molecule has 194 valence electrons. The van der Waals surface area contributed by atoms with E-state index in [1.165, 1.54) is 17.7 Å². The highest BCUT2D eigenvalue weighted by molar-refractivity contribution is 6.30. The van der Waals surface area contributed by atoms with E-state index in [4.69, 9.17) is 21.1 Å². The monoisotopic (exact) mass is 536 g/mol. The lowest BCUT2D eigenvalue weighted by molar-refractivity contribution is 0.199. The number of imidazole rings is 1. The summed E-state index contributed by atoms with van der Waals surface area (Å²) in [5.41, 5.74) is 7.91. The summed E-state index contributed by atoms with van der Waals surface area (Å²) in [6.45, 7) is 2.57. The highest BCUT2D eigenvalue weighted by Gasteiger charge is 2.27. The number of hydrogen-bond acceptors (Lipinski definition) is 4. The minimum absolute atomic E-state index is 0.243. The summed E-state index contributed by atoms with van der Waals surface area (Å²) in [7, 11) is 0. The normalized spacial score (nSPS) is 14.9. The van der Waals surface area contributed by atoms with Gasteiger partial charge in [-0.15, -0.1) is 0 Å². The number of likely N-dealkylation sites (tertiary alicyclic amines) is 1. The molecule has 0 spiro atoms. The van der Waals surface area contributed by atoms with Crippen molar-refractivity contribution >= 4 is 28.2 Å². The summed E-state index contributed by atoms with van der Waals surface area (Å²) in [6.07, 6.45) is 4.05. The quantitative estimate of drug-likeness (QED) is 0.224. The molecule has 7 rings (SSSR count). The lowest BCUT2D eigenvalue weighted by atomic mass is 9.91. The smallest absolute Gasteiger partial charge is 0.167 e. The van der Waals surface area contributed by atoms with Crippen LogP contribution in [-0.4, -0.2) is 32.5 Å². The Morgan fingerprint density at radius 3 is 2.44 bits per heavy atom. The van der Waals surface area contributed by atoms with E-state index in [0.717, 1.165) is 71.7 Å². The molecule has 0 radical (unpaired) electrons. The van der Waals surface area contributed by atoms with Crippen LogP contribution in [0.5, 0.6) is 0 Å². The first-order chi connectivity index (χ1) is 19.1. The molecule has 1 fully saturated rings. The molecular formula is C32H26ClFN4O. The standard InChI is InChI=1S/C32H26ClFN4O/c33-25-9-6-22(7-10-25)32-28(38-19-24(8-13-30(38)35-32)21-4-2-1-3-5-21)20-37-16-14-23(15-17-37)31-27-18-26(34)11-12-29(27)39-36-31/h1-13,18-19,23H,14-17,20H2. The predicted octanol–water partition coefficient (Wildman–Crippen LogP) is 7.98. The fourth-order valence-corrected chi connectivity index (χ4v) is 5.81. The van der Waals surface area contributed by atoms with Crippen molar-refractivity contribution in [2.75, 3.05) is 13.1 Å². The molecule has 1 aliphatic rings. The average Bonchev–Trinajstić information content (AvgIpc) is 3.55. The largest absolute Gasteiger partial charge is 0.356 e. The van der Waals surface area contributed by atoms with E-state index < -0.39 is 0 Å². The zero-order chi connectivity index (χ0) is 26.3. The number of nitrogens with zero attached hydrogens (tertiary/aromatic N) is 4. The van der Waals surface area contributed by atoms with Gasteiger partial charge in [-0.25, -0.2) is 9.37 Å². The molecule has 3 aromatic heterocycles. The summed E-state index contributed by atoms with van der Waals surface area (Å²) < 4.78 is 21.6. The molecule has 7 heteroatoms. The van der Waals surface area contributed by atoms with Crippen molar-refractivity contribution in [1.29, 1.82) is 0 Å². The molecule has 0 aliphatic carbocycles. The SMILES string of the molecule is Fc1ccc2onc(C3CCN(Cc4c(-c5ccc(Cl)cc5)nc5ccc(-c6ccccc6)cn45)CC3)c2c1. The van der Waals surface area contributed by atoms with Gasteiger partial charge in [-0.3, -0.25) is 4.90 Å². The van der Waals surface area contributed by atoms with Gasteiger partial charge in [0, 0.05) is 34.6 Å². The summed E-state index contributed by atoms with van der Waals surface area (Å²) in [5, 5.41) is 5.81. The van der Waals surface area contributed by atoms with Crippen molar-refractivity contribution in [1.82, 2.24) is 19.4 Å². The first-order valence-corrected chi connectivity index (χ1v) is 13.6. The highest BCUT2D eigenvalue weighted by Crippen LogP contribution is 2.35. The van der Waals surface area contributed by atoms with Crippen molar-refractivity contribution in [3.05, 3.63) is 113 Å². The van der Waals surface area contributed by atoms with Gasteiger partial charge in [0.05, 0.1) is 17.1 Å². The van der Waals surface area contributed by atoms with E-state index in [-0.39, 0.29) is 11.7 Å². The number of fused-ring (bicyclic) bond motifs is 2. The first kappa shape index (κ1) is 24.1. The van der Waals surface area contributed by atoms with Gasteiger partial charge in [0.15, 0.2) is 5.58 Å². The fourth-order valence-electron chi connectivity index (χ4n) is 5.68. The molecule has 0 unspecified atom stereocenters. The van der Waals surface area contributed by atoms with Crippen LogP contribution in [0.1, 0.15) is 30.1 Å². The molecule has 0 bridgehead atoms. The minimum atomic E-state index is -0.262. The van der Waals surface area contributed by atoms with Crippen LogP contribution in [0.25, 0.3) is 39.0 Å². The number of aromatic nitrogens is 3. The molecular weight excluding hydrogens is 511 g/mol. The van der Waals surface area contributed by atoms with E-state index in [9.17, 15) is 4.39 Å². The molecule has 3 aromatic carbocycles. The van der Waals surface area contributed by atoms with E-state index in [2.05, 4.69) is 57.1 Å². The van der Waals surface area contributed by atoms with Crippen LogP contribution in [0.15, 0.2) is 95.6 Å². The van der Waals surface area contributed by atoms with Gasteiger partial charge < -0.3 is 8.92 Å². The molecule has 0 saturated carbocycles. The Kier molecular flexibility index (Phi) is 6.14. The Morgan fingerprint density at radius 2 is 1.64 bits per heavy atom. The highest BCUT2D eigenvalue weighted by atomic mass is 35.5. The average molecular weight is 537 g/mol. The third kappa shape index (κ3) is 4.60. The van der Waals surface area contributed by atoms with Crippen LogP contribution in [0.4, 0.5) is 4.39 Å². The van der Waals surface area contributed by atoms with Crippen LogP contribution in [0, 0.1) is 5.82 Å². The molecule has 4 heterocycles. The van der Waals surface area contributed by atoms with E-state index >= 15 is 0 Å². The summed E-state index contributed by atoms with van der Waals surface area (Å²) >= 11 is 6.20. The zero-order valence-electron chi connectivity index (χ0n) is 21.2. The van der Waals surface area contributed by atoms with E-state index in [1.807, 2.05) is 30.3 Å². The number of pyridine rings is 1. The maximum atomic E-state index is 13.9. The second-order valence-corrected chi connectivity index (χ2v) is 10.6. The van der Waals surface area contributed by atoms with Crippen LogP contribution >= 0.6 is 11.6 Å². The zero-order valence-corrected chi connectivity index (χ0v) is 22.0. The first-order valence-electron chi connectivity index (χ1n) is 13.2. The summed E-state index contributed by atoms with van der Waals surface area (Å²) in [6, 6.07) is 27.1. The Labute approximate surface area is 230 Å². The Bertz CT molecular complexity index is 1770. The Balaban J connectivity index is 1.20. The van der Waals surface area contributed by atoms with Gasteiger partial charge in [0.1, 0.15) is 11.5 Å². The van der Waals surface area contributed by atoms with Crippen LogP contribution in [-0.2, 0) is 6.54 Å². The van der Waals surface area contributed by atoms with Gasteiger partial charge in [-0.1, -0.05) is 59.2 Å². The number of halogens is 2. The molecule has 1 aliphatic heterocycles.